The van der Waals surface area contributed by atoms with Gasteiger partial charge in [0.2, 0.25) is 0 Å². The van der Waals surface area contributed by atoms with Gasteiger partial charge in [0.05, 0.1) is 27.7 Å². The zero-order valence-corrected chi connectivity index (χ0v) is 60.1. The van der Waals surface area contributed by atoms with Crippen LogP contribution in [0.15, 0.2) is 182 Å². The molecule has 0 aromatic carbocycles. The molecule has 0 aliphatic heterocycles. The monoisotopic (exact) mass is 1290 g/mol. The summed E-state index contributed by atoms with van der Waals surface area (Å²) in [5, 5.41) is 0. The molecule has 10 heteroatoms. The van der Waals surface area contributed by atoms with Crippen molar-refractivity contribution >= 4 is 19.8 Å². The van der Waals surface area contributed by atoms with Crippen molar-refractivity contribution in [2.75, 3.05) is 47.5 Å². The molecule has 2 atom stereocenters. The van der Waals surface area contributed by atoms with E-state index in [2.05, 4.69) is 196 Å². The summed E-state index contributed by atoms with van der Waals surface area (Å²) >= 11 is 0. The van der Waals surface area contributed by atoms with E-state index in [4.69, 9.17) is 18.5 Å². The maximum absolute atomic E-state index is 12.9. The van der Waals surface area contributed by atoms with E-state index in [1.165, 1.54) is 89.9 Å². The fourth-order valence-corrected chi connectivity index (χ4v) is 10.1. The Balaban J connectivity index is 4.09. The molecule has 0 spiro atoms. The molecule has 0 aliphatic rings. The van der Waals surface area contributed by atoms with E-state index in [1.807, 2.05) is 21.1 Å². The average Bonchev–Trinajstić information content (AvgIpc) is 2.23. The highest BCUT2D eigenvalue weighted by atomic mass is 31.2. The van der Waals surface area contributed by atoms with E-state index in [1.54, 1.807) is 0 Å². The highest BCUT2D eigenvalue weighted by Crippen LogP contribution is 2.38. The van der Waals surface area contributed by atoms with Gasteiger partial charge in [0.25, 0.3) is 7.82 Å². The van der Waals surface area contributed by atoms with Gasteiger partial charge in [0.15, 0.2) is 6.10 Å². The van der Waals surface area contributed by atoms with Gasteiger partial charge in [0, 0.05) is 12.8 Å². The number of ether oxygens (including phenoxy) is 2. The standard InChI is InChI=1S/C82H134NO8P/c1-6-8-10-12-14-16-18-20-22-24-26-28-30-32-34-35-36-37-38-39-40-41-42-43-44-45-46-47-49-51-53-55-57-59-61-63-65-67-69-71-73-75-82(85)91-80(79-90-92(86,87)89-77-76-83(3,4)5)78-88-81(84)74-72-70-68-66-64-62-60-58-56-54-52-50-48-33-31-29-27-25-23-21-19-17-15-13-11-9-7-2/h8-11,14-17,20-23,26-29,32-34,36-37,39-40,42-43,45-46,48,52,54,80H,6-7,12-13,18-19,24-25,30-31,35,38,41,44,47,49-51,53,55-79H2,1-5H3/b10-8-,11-9-,16-14-,17-15-,22-20-,23-21-,28-26-,29-27-,34-32-,37-36-,40-39-,43-42-,46-45-,48-33-,54-52-. The van der Waals surface area contributed by atoms with Crippen molar-refractivity contribution in [3.8, 4) is 0 Å². The van der Waals surface area contributed by atoms with Crippen LogP contribution in [0.25, 0.3) is 0 Å². The number of unbranched alkanes of at least 4 members (excludes halogenated alkanes) is 21. The number of rotatable bonds is 65. The number of quaternary nitrogens is 1. The highest BCUT2D eigenvalue weighted by Gasteiger charge is 2.22. The number of allylic oxidation sites excluding steroid dienone is 30. The summed E-state index contributed by atoms with van der Waals surface area (Å²) < 4.78 is 34.3. The topological polar surface area (TPSA) is 111 Å². The summed E-state index contributed by atoms with van der Waals surface area (Å²) in [6.07, 6.45) is 108. The summed E-state index contributed by atoms with van der Waals surface area (Å²) in [5.74, 6) is -0.852. The number of hydrogen-bond acceptors (Lipinski definition) is 8. The fraction of sp³-hybridized carbons (Fsp3) is 0.610. The smallest absolute Gasteiger partial charge is 0.306 e. The van der Waals surface area contributed by atoms with Crippen molar-refractivity contribution in [3.05, 3.63) is 182 Å². The zero-order valence-electron chi connectivity index (χ0n) is 59.2. The van der Waals surface area contributed by atoms with E-state index < -0.39 is 32.5 Å². The van der Waals surface area contributed by atoms with Gasteiger partial charge >= 0.3 is 11.9 Å². The predicted octanol–water partition coefficient (Wildman–Crippen LogP) is 23.6. The minimum atomic E-state index is -4.66. The molecule has 2 unspecified atom stereocenters. The summed E-state index contributed by atoms with van der Waals surface area (Å²) in [6.45, 7) is 3.99. The molecule has 0 aromatic heterocycles. The van der Waals surface area contributed by atoms with Crippen molar-refractivity contribution in [3.63, 3.8) is 0 Å². The summed E-state index contributed by atoms with van der Waals surface area (Å²) in [6, 6.07) is 0. The van der Waals surface area contributed by atoms with Gasteiger partial charge in [-0.15, -0.1) is 0 Å². The molecule has 0 saturated heterocycles. The third-order valence-corrected chi connectivity index (χ3v) is 15.9. The lowest BCUT2D eigenvalue weighted by Gasteiger charge is -2.28. The normalized spacial score (nSPS) is 14.2. The largest absolute Gasteiger partial charge is 0.756 e. The molecule has 0 N–H and O–H groups in total. The first-order valence-electron chi connectivity index (χ1n) is 36.5. The number of phosphoric ester groups is 1. The quantitative estimate of drug-likeness (QED) is 0.0195. The number of phosphoric acid groups is 1. The minimum Gasteiger partial charge on any atom is -0.756 e. The molecule has 0 aliphatic carbocycles. The summed E-state index contributed by atoms with van der Waals surface area (Å²) in [7, 11) is 1.14. The van der Waals surface area contributed by atoms with E-state index in [-0.39, 0.29) is 26.1 Å². The Morgan fingerprint density at radius 3 is 0.870 bits per heavy atom. The molecule has 0 rings (SSSR count). The lowest BCUT2D eigenvalue weighted by atomic mass is 10.0. The first-order chi connectivity index (χ1) is 45.0. The van der Waals surface area contributed by atoms with Crippen LogP contribution in [0.5, 0.6) is 0 Å². The van der Waals surface area contributed by atoms with Crippen LogP contribution < -0.4 is 4.89 Å². The second-order valence-corrected chi connectivity index (χ2v) is 26.2. The van der Waals surface area contributed by atoms with Gasteiger partial charge in [-0.3, -0.25) is 14.2 Å². The number of hydrogen-bond donors (Lipinski definition) is 0. The number of likely N-dealkylation sites (N-methyl/N-ethyl adjacent to an activating group) is 1. The molecule has 0 fully saturated rings. The number of carbonyl (C=O) groups is 2. The Hall–Kier alpha value is -4.89. The molecule has 9 nitrogen and oxygen atoms in total. The van der Waals surface area contributed by atoms with Gasteiger partial charge in [-0.2, -0.15) is 0 Å². The lowest BCUT2D eigenvalue weighted by molar-refractivity contribution is -0.870. The van der Waals surface area contributed by atoms with E-state index >= 15 is 0 Å². The molecule has 0 radical (unpaired) electrons. The minimum absolute atomic E-state index is 0.0410. The van der Waals surface area contributed by atoms with E-state index in [9.17, 15) is 19.0 Å². The molecule has 0 heterocycles. The first kappa shape index (κ1) is 87.1. The molecule has 520 valence electrons. The van der Waals surface area contributed by atoms with E-state index in [0.717, 1.165) is 141 Å². The predicted molar refractivity (Wildman–Crippen MR) is 396 cm³/mol. The Kier molecular flexibility index (Phi) is 66.7. The van der Waals surface area contributed by atoms with Gasteiger partial charge < -0.3 is 27.9 Å². The Bertz CT molecular complexity index is 2210. The molecule has 0 saturated carbocycles. The zero-order chi connectivity index (χ0) is 66.9. The van der Waals surface area contributed by atoms with Crippen LogP contribution >= 0.6 is 7.82 Å². The second-order valence-electron chi connectivity index (χ2n) is 24.8. The van der Waals surface area contributed by atoms with Crippen molar-refractivity contribution < 1.29 is 42.1 Å². The second kappa shape index (κ2) is 70.4. The van der Waals surface area contributed by atoms with Gasteiger partial charge in [-0.1, -0.05) is 305 Å². The average molecular weight is 1290 g/mol. The van der Waals surface area contributed by atoms with Crippen molar-refractivity contribution in [2.45, 2.75) is 277 Å². The molecular weight excluding hydrogens is 1160 g/mol. The maximum atomic E-state index is 12.9. The molecular formula is C82H134NO8P. The Morgan fingerprint density at radius 2 is 0.587 bits per heavy atom. The SMILES string of the molecule is CC/C=C\C/C=C\C/C=C\C/C=C\C/C=C\C/C=C\C/C=C\C/C=C\C/C=C\CCCCCCCCCCCCCCCC(=O)OC(COC(=O)CCCCCCCCCC/C=C\C/C=C\C/C=C\C/C=C\C/C=C\C/C=C\CC)COP(=O)([O-])OCC[N+](C)(C)C. The summed E-state index contributed by atoms with van der Waals surface area (Å²) in [5.41, 5.74) is 0. The van der Waals surface area contributed by atoms with Crippen LogP contribution in [0.3, 0.4) is 0 Å². The fourth-order valence-electron chi connectivity index (χ4n) is 9.42. The van der Waals surface area contributed by atoms with Crippen molar-refractivity contribution in [1.82, 2.24) is 0 Å². The van der Waals surface area contributed by atoms with Gasteiger partial charge in [-0.25, -0.2) is 0 Å². The molecule has 0 aromatic rings. The van der Waals surface area contributed by atoms with Gasteiger partial charge in [-0.05, 0) is 135 Å². The molecule has 0 amide bonds. The van der Waals surface area contributed by atoms with Gasteiger partial charge in [0.1, 0.15) is 19.8 Å². The lowest BCUT2D eigenvalue weighted by Crippen LogP contribution is -2.37. The molecule has 0 bridgehead atoms. The maximum Gasteiger partial charge on any atom is 0.306 e. The number of esters is 2. The highest BCUT2D eigenvalue weighted by molar-refractivity contribution is 7.45. The number of nitrogens with zero attached hydrogens (tertiary/aromatic N) is 1. The Morgan fingerprint density at radius 1 is 0.337 bits per heavy atom. The summed E-state index contributed by atoms with van der Waals surface area (Å²) in [4.78, 5) is 38.1. The Labute approximate surface area is 565 Å². The third kappa shape index (κ3) is 74.2. The first-order valence-corrected chi connectivity index (χ1v) is 38.0. The number of carbonyl (C=O) groups excluding carboxylic acids is 2. The van der Waals surface area contributed by atoms with Crippen LogP contribution in [0.2, 0.25) is 0 Å². The van der Waals surface area contributed by atoms with Crippen molar-refractivity contribution in [1.29, 1.82) is 0 Å². The van der Waals surface area contributed by atoms with Crippen molar-refractivity contribution in [2.24, 2.45) is 0 Å². The van der Waals surface area contributed by atoms with Crippen LogP contribution in [0.4, 0.5) is 0 Å². The van der Waals surface area contributed by atoms with E-state index in [0.29, 0.717) is 23.9 Å². The van der Waals surface area contributed by atoms with Crippen LogP contribution in [-0.2, 0) is 32.7 Å². The third-order valence-electron chi connectivity index (χ3n) is 14.9. The molecule has 92 heavy (non-hydrogen) atoms. The van der Waals surface area contributed by atoms with Crippen LogP contribution in [0.1, 0.15) is 271 Å². The van der Waals surface area contributed by atoms with Crippen LogP contribution in [0, 0.1) is 0 Å². The van der Waals surface area contributed by atoms with Crippen LogP contribution in [-0.4, -0.2) is 70.0 Å².